The number of nitrogens with zero attached hydrogens (tertiary/aromatic N) is 1. The second-order valence-corrected chi connectivity index (χ2v) is 4.89. The first-order valence-electron chi connectivity index (χ1n) is 6.52. The van der Waals surface area contributed by atoms with Gasteiger partial charge in [0.2, 0.25) is 0 Å². The lowest BCUT2D eigenvalue weighted by molar-refractivity contribution is 0.195. The quantitative estimate of drug-likeness (QED) is 0.549. The molecule has 1 aliphatic rings. The van der Waals surface area contributed by atoms with Gasteiger partial charge in [0, 0.05) is 32.8 Å². The second-order valence-electron chi connectivity index (χ2n) is 4.48. The maximum absolute atomic E-state index is 5.28. The van der Waals surface area contributed by atoms with Gasteiger partial charge in [-0.15, -0.1) is 0 Å². The minimum atomic E-state index is 0.506. The van der Waals surface area contributed by atoms with Crippen molar-refractivity contribution in [1.29, 1.82) is 0 Å². The fourth-order valence-electron chi connectivity index (χ4n) is 2.12. The van der Waals surface area contributed by atoms with Gasteiger partial charge in [-0.2, -0.15) is 0 Å². The van der Waals surface area contributed by atoms with E-state index in [2.05, 4.69) is 22.5 Å². The predicted molar refractivity (Wildman–Crippen MR) is 75.4 cm³/mol. The average Bonchev–Trinajstić information content (AvgIpc) is 2.35. The highest BCUT2D eigenvalue weighted by molar-refractivity contribution is 7.80. The summed E-state index contributed by atoms with van der Waals surface area (Å²) < 4.78 is 4.99. The summed E-state index contributed by atoms with van der Waals surface area (Å²) in [6.45, 7) is 7.33. The van der Waals surface area contributed by atoms with Crippen LogP contribution in [0, 0.1) is 0 Å². The van der Waals surface area contributed by atoms with E-state index >= 15 is 0 Å². The van der Waals surface area contributed by atoms with Crippen LogP contribution in [0.5, 0.6) is 0 Å². The smallest absolute Gasteiger partial charge is 0.166 e. The Morgan fingerprint density at radius 3 is 3.06 bits per heavy atom. The Morgan fingerprint density at radius 2 is 2.35 bits per heavy atom. The third-order valence-electron chi connectivity index (χ3n) is 3.10. The fraction of sp³-hybridized carbons (Fsp3) is 0.917. The number of likely N-dealkylation sites (tertiary alicyclic amines) is 1. The van der Waals surface area contributed by atoms with Crippen molar-refractivity contribution in [2.24, 2.45) is 0 Å². The molecule has 1 aliphatic heterocycles. The summed E-state index contributed by atoms with van der Waals surface area (Å²) in [6.07, 6.45) is 3.47. The molecule has 0 aromatic rings. The number of hydrogen-bond donors (Lipinski definition) is 2. The molecule has 1 rings (SSSR count). The number of likely N-dealkylation sites (N-methyl/N-ethyl adjacent to an activating group) is 1. The van der Waals surface area contributed by atoms with E-state index in [0.717, 1.165) is 37.8 Å². The van der Waals surface area contributed by atoms with Gasteiger partial charge in [0.1, 0.15) is 0 Å². The van der Waals surface area contributed by atoms with Crippen LogP contribution in [-0.2, 0) is 4.74 Å². The van der Waals surface area contributed by atoms with Crippen molar-refractivity contribution in [3.8, 4) is 0 Å². The van der Waals surface area contributed by atoms with Gasteiger partial charge in [0.25, 0.3) is 0 Å². The molecular weight excluding hydrogens is 234 g/mol. The van der Waals surface area contributed by atoms with Gasteiger partial charge < -0.3 is 20.3 Å². The minimum Gasteiger partial charge on any atom is -0.385 e. The third-order valence-corrected chi connectivity index (χ3v) is 3.36. The highest BCUT2D eigenvalue weighted by Gasteiger charge is 2.18. The first-order chi connectivity index (χ1) is 8.26. The van der Waals surface area contributed by atoms with Gasteiger partial charge in [-0.25, -0.2) is 0 Å². The highest BCUT2D eigenvalue weighted by atomic mass is 32.1. The molecule has 0 radical (unpaired) electrons. The van der Waals surface area contributed by atoms with Gasteiger partial charge in [-0.1, -0.05) is 6.92 Å². The Kier molecular flexibility index (Phi) is 7.48. The van der Waals surface area contributed by atoms with E-state index in [0.29, 0.717) is 6.04 Å². The number of hydrogen-bond acceptors (Lipinski definition) is 3. The molecule has 1 unspecified atom stereocenters. The Bertz CT molecular complexity index is 226. The van der Waals surface area contributed by atoms with E-state index in [4.69, 9.17) is 17.0 Å². The van der Waals surface area contributed by atoms with Crippen molar-refractivity contribution in [2.75, 3.05) is 39.9 Å². The van der Waals surface area contributed by atoms with E-state index in [1.54, 1.807) is 7.11 Å². The number of thiocarbonyl (C=S) groups is 1. The molecule has 17 heavy (non-hydrogen) atoms. The van der Waals surface area contributed by atoms with Crippen LogP contribution in [0.25, 0.3) is 0 Å². The molecule has 0 aromatic carbocycles. The molecule has 0 bridgehead atoms. The molecule has 0 spiro atoms. The second kappa shape index (κ2) is 8.66. The van der Waals surface area contributed by atoms with Crippen LogP contribution >= 0.6 is 12.2 Å². The van der Waals surface area contributed by atoms with Crippen LogP contribution in [0.4, 0.5) is 0 Å². The van der Waals surface area contributed by atoms with E-state index < -0.39 is 0 Å². The normalized spacial score (nSPS) is 21.2. The van der Waals surface area contributed by atoms with Gasteiger partial charge in [-0.3, -0.25) is 0 Å². The number of rotatable bonds is 6. The highest BCUT2D eigenvalue weighted by Crippen LogP contribution is 2.09. The monoisotopic (exact) mass is 259 g/mol. The number of ether oxygens (including phenoxy) is 1. The zero-order valence-electron chi connectivity index (χ0n) is 11.0. The minimum absolute atomic E-state index is 0.506. The molecule has 1 atom stereocenters. The third kappa shape index (κ3) is 6.19. The van der Waals surface area contributed by atoms with E-state index in [1.807, 2.05) is 0 Å². The van der Waals surface area contributed by atoms with E-state index in [-0.39, 0.29) is 0 Å². The molecule has 100 valence electrons. The summed E-state index contributed by atoms with van der Waals surface area (Å²) in [4.78, 5) is 2.47. The van der Waals surface area contributed by atoms with E-state index in [1.165, 1.54) is 19.4 Å². The molecule has 1 heterocycles. The van der Waals surface area contributed by atoms with Crippen molar-refractivity contribution < 1.29 is 4.74 Å². The molecule has 0 amide bonds. The standard InChI is InChI=1S/C12H25N3OS/c1-3-15-8-4-6-11(10-15)14-12(17)13-7-5-9-16-2/h11H,3-10H2,1-2H3,(H2,13,14,17). The summed E-state index contributed by atoms with van der Waals surface area (Å²) in [6, 6.07) is 0.506. The van der Waals surface area contributed by atoms with Crippen molar-refractivity contribution >= 4 is 17.3 Å². The zero-order valence-corrected chi connectivity index (χ0v) is 11.8. The van der Waals surface area contributed by atoms with Crippen LogP contribution in [0.15, 0.2) is 0 Å². The molecule has 0 saturated carbocycles. The number of piperidine rings is 1. The van der Waals surface area contributed by atoms with Crippen LogP contribution in [0.3, 0.4) is 0 Å². The molecule has 1 saturated heterocycles. The summed E-state index contributed by atoms with van der Waals surface area (Å²) in [5.74, 6) is 0. The van der Waals surface area contributed by atoms with Crippen molar-refractivity contribution in [2.45, 2.75) is 32.2 Å². The van der Waals surface area contributed by atoms with Gasteiger partial charge in [0.15, 0.2) is 5.11 Å². The topological polar surface area (TPSA) is 36.5 Å². The Morgan fingerprint density at radius 1 is 1.53 bits per heavy atom. The predicted octanol–water partition coefficient (Wildman–Crippen LogP) is 0.971. The fourth-order valence-corrected chi connectivity index (χ4v) is 2.38. The van der Waals surface area contributed by atoms with Gasteiger partial charge in [0.05, 0.1) is 0 Å². The van der Waals surface area contributed by atoms with Crippen molar-refractivity contribution in [3.63, 3.8) is 0 Å². The molecule has 2 N–H and O–H groups in total. The van der Waals surface area contributed by atoms with Crippen LogP contribution < -0.4 is 10.6 Å². The SMILES string of the molecule is CCN1CCCC(NC(=S)NCCCOC)C1. The first kappa shape index (κ1) is 14.7. The van der Waals surface area contributed by atoms with Gasteiger partial charge in [-0.05, 0) is 44.6 Å². The summed E-state index contributed by atoms with van der Waals surface area (Å²) in [7, 11) is 1.72. The number of nitrogens with one attached hydrogen (secondary N) is 2. The lowest BCUT2D eigenvalue weighted by Crippen LogP contribution is -2.50. The molecule has 0 aliphatic carbocycles. The molecule has 5 heteroatoms. The van der Waals surface area contributed by atoms with Crippen LogP contribution in [0.2, 0.25) is 0 Å². The maximum Gasteiger partial charge on any atom is 0.166 e. The largest absolute Gasteiger partial charge is 0.385 e. The lowest BCUT2D eigenvalue weighted by Gasteiger charge is -2.32. The molecular formula is C12H25N3OS. The maximum atomic E-state index is 5.28. The molecule has 4 nitrogen and oxygen atoms in total. The average molecular weight is 259 g/mol. The van der Waals surface area contributed by atoms with Crippen molar-refractivity contribution in [1.82, 2.24) is 15.5 Å². The first-order valence-corrected chi connectivity index (χ1v) is 6.92. The lowest BCUT2D eigenvalue weighted by atomic mass is 10.1. The Labute approximate surface area is 110 Å². The number of methoxy groups -OCH3 is 1. The van der Waals surface area contributed by atoms with E-state index in [9.17, 15) is 0 Å². The van der Waals surface area contributed by atoms with Crippen LogP contribution in [-0.4, -0.2) is 55.9 Å². The summed E-state index contributed by atoms with van der Waals surface area (Å²) in [5.41, 5.74) is 0. The summed E-state index contributed by atoms with van der Waals surface area (Å²) in [5, 5.41) is 7.40. The van der Waals surface area contributed by atoms with Crippen molar-refractivity contribution in [3.05, 3.63) is 0 Å². The molecule has 0 aromatic heterocycles. The Balaban J connectivity index is 2.12. The summed E-state index contributed by atoms with van der Waals surface area (Å²) >= 11 is 5.28. The zero-order chi connectivity index (χ0) is 12.5. The van der Waals surface area contributed by atoms with Gasteiger partial charge >= 0.3 is 0 Å². The molecule has 1 fully saturated rings. The van der Waals surface area contributed by atoms with Crippen LogP contribution in [0.1, 0.15) is 26.2 Å². The Hall–Kier alpha value is -0.390.